The predicted molar refractivity (Wildman–Crippen MR) is 48.1 cm³/mol. The van der Waals surface area contributed by atoms with Crippen molar-refractivity contribution in [1.29, 1.82) is 0 Å². The lowest BCUT2D eigenvalue weighted by atomic mass is 10.4. The first-order valence-electron chi connectivity index (χ1n) is 4.30. The highest BCUT2D eigenvalue weighted by molar-refractivity contribution is 5.65. The average Bonchev–Trinajstić information content (AvgIpc) is 2.42. The number of carbonyl (C=O) groups excluding carboxylic acids is 1. The standard InChI is InChI=1S/C9H14N2O2/c1-4-11-9(5-7(2)10-11)6-13-8(3)12/h5H,4,6H2,1-3H3. The molecular formula is C9H14N2O2. The van der Waals surface area contributed by atoms with Gasteiger partial charge in [-0.05, 0) is 19.9 Å². The van der Waals surface area contributed by atoms with E-state index in [4.69, 9.17) is 4.74 Å². The van der Waals surface area contributed by atoms with Gasteiger partial charge in [-0.3, -0.25) is 9.48 Å². The van der Waals surface area contributed by atoms with Gasteiger partial charge in [0.05, 0.1) is 11.4 Å². The van der Waals surface area contributed by atoms with Crippen LogP contribution in [0, 0.1) is 6.92 Å². The summed E-state index contributed by atoms with van der Waals surface area (Å²) in [5.41, 5.74) is 1.89. The fourth-order valence-electron chi connectivity index (χ4n) is 1.16. The van der Waals surface area contributed by atoms with E-state index in [9.17, 15) is 4.79 Å². The lowest BCUT2D eigenvalue weighted by Gasteiger charge is -2.03. The molecule has 72 valence electrons. The Kier molecular flexibility index (Phi) is 3.06. The fourth-order valence-corrected chi connectivity index (χ4v) is 1.16. The highest BCUT2D eigenvalue weighted by Crippen LogP contribution is 2.05. The molecule has 0 saturated heterocycles. The van der Waals surface area contributed by atoms with Crippen LogP contribution in [0.3, 0.4) is 0 Å². The molecule has 4 heteroatoms. The van der Waals surface area contributed by atoms with Gasteiger partial charge in [-0.1, -0.05) is 0 Å². The summed E-state index contributed by atoms with van der Waals surface area (Å²) in [4.78, 5) is 10.6. The van der Waals surface area contributed by atoms with E-state index in [2.05, 4.69) is 5.10 Å². The van der Waals surface area contributed by atoms with Crippen LogP contribution in [0.1, 0.15) is 25.2 Å². The number of hydrogen-bond donors (Lipinski definition) is 0. The van der Waals surface area contributed by atoms with Gasteiger partial charge < -0.3 is 4.74 Å². The van der Waals surface area contributed by atoms with Gasteiger partial charge in [0.25, 0.3) is 0 Å². The summed E-state index contributed by atoms with van der Waals surface area (Å²) >= 11 is 0. The van der Waals surface area contributed by atoms with Crippen molar-refractivity contribution in [3.8, 4) is 0 Å². The van der Waals surface area contributed by atoms with Gasteiger partial charge in [0.1, 0.15) is 6.61 Å². The van der Waals surface area contributed by atoms with Gasteiger partial charge in [-0.15, -0.1) is 0 Å². The Balaban J connectivity index is 2.69. The molecule has 0 unspecified atom stereocenters. The maximum absolute atomic E-state index is 10.6. The van der Waals surface area contributed by atoms with Crippen molar-refractivity contribution < 1.29 is 9.53 Å². The van der Waals surface area contributed by atoms with E-state index in [1.807, 2.05) is 24.6 Å². The summed E-state index contributed by atoms with van der Waals surface area (Å²) in [5.74, 6) is -0.262. The highest BCUT2D eigenvalue weighted by Gasteiger charge is 2.04. The lowest BCUT2D eigenvalue weighted by Crippen LogP contribution is -2.06. The van der Waals surface area contributed by atoms with Crippen molar-refractivity contribution in [1.82, 2.24) is 9.78 Å². The molecule has 0 fully saturated rings. The van der Waals surface area contributed by atoms with E-state index in [1.165, 1.54) is 6.92 Å². The van der Waals surface area contributed by atoms with E-state index in [0.717, 1.165) is 17.9 Å². The van der Waals surface area contributed by atoms with Gasteiger partial charge >= 0.3 is 5.97 Å². The molecule has 0 N–H and O–H groups in total. The minimum Gasteiger partial charge on any atom is -0.459 e. The largest absolute Gasteiger partial charge is 0.459 e. The van der Waals surface area contributed by atoms with E-state index in [0.29, 0.717) is 6.61 Å². The third-order valence-electron chi connectivity index (χ3n) is 1.71. The van der Waals surface area contributed by atoms with Crippen molar-refractivity contribution >= 4 is 5.97 Å². The monoisotopic (exact) mass is 182 g/mol. The van der Waals surface area contributed by atoms with E-state index >= 15 is 0 Å². The Morgan fingerprint density at radius 2 is 2.38 bits per heavy atom. The molecule has 1 heterocycles. The summed E-state index contributed by atoms with van der Waals surface area (Å²) < 4.78 is 6.72. The topological polar surface area (TPSA) is 44.1 Å². The normalized spacial score (nSPS) is 10.1. The molecule has 0 saturated carbocycles. The van der Waals surface area contributed by atoms with Crippen molar-refractivity contribution in [2.45, 2.75) is 33.9 Å². The van der Waals surface area contributed by atoms with Gasteiger partial charge in [0.2, 0.25) is 0 Å². The number of aryl methyl sites for hydroxylation is 2. The molecule has 0 atom stereocenters. The van der Waals surface area contributed by atoms with Crippen LogP contribution < -0.4 is 0 Å². The highest BCUT2D eigenvalue weighted by atomic mass is 16.5. The minimum atomic E-state index is -0.262. The van der Waals surface area contributed by atoms with E-state index in [-0.39, 0.29) is 5.97 Å². The van der Waals surface area contributed by atoms with Crippen LogP contribution in [0.4, 0.5) is 0 Å². The second kappa shape index (κ2) is 4.07. The lowest BCUT2D eigenvalue weighted by molar-refractivity contribution is -0.142. The molecule has 13 heavy (non-hydrogen) atoms. The Bertz CT molecular complexity index is 305. The third kappa shape index (κ3) is 2.57. The fraction of sp³-hybridized carbons (Fsp3) is 0.556. The molecule has 0 amide bonds. The number of aromatic nitrogens is 2. The molecule has 1 rings (SSSR count). The molecular weight excluding hydrogens is 168 g/mol. The summed E-state index contributed by atoms with van der Waals surface area (Å²) in [5, 5.41) is 4.23. The molecule has 1 aromatic heterocycles. The van der Waals surface area contributed by atoms with Crippen LogP contribution in [0.2, 0.25) is 0 Å². The molecule has 1 aromatic rings. The average molecular weight is 182 g/mol. The number of rotatable bonds is 3. The molecule has 0 aliphatic rings. The van der Waals surface area contributed by atoms with Gasteiger partial charge in [-0.25, -0.2) is 0 Å². The van der Waals surface area contributed by atoms with Crippen LogP contribution in [0.25, 0.3) is 0 Å². The Hall–Kier alpha value is -1.32. The first-order chi connectivity index (χ1) is 6.13. The molecule has 0 aromatic carbocycles. The van der Waals surface area contributed by atoms with Crippen molar-refractivity contribution in [3.63, 3.8) is 0 Å². The summed E-state index contributed by atoms with van der Waals surface area (Å²) in [7, 11) is 0. The van der Waals surface area contributed by atoms with E-state index in [1.54, 1.807) is 0 Å². The zero-order valence-electron chi connectivity index (χ0n) is 8.20. The van der Waals surface area contributed by atoms with Gasteiger partial charge in [-0.2, -0.15) is 5.10 Å². The number of hydrogen-bond acceptors (Lipinski definition) is 3. The Morgan fingerprint density at radius 1 is 1.69 bits per heavy atom. The Morgan fingerprint density at radius 3 is 2.92 bits per heavy atom. The zero-order valence-corrected chi connectivity index (χ0v) is 8.20. The van der Waals surface area contributed by atoms with Gasteiger partial charge in [0.15, 0.2) is 0 Å². The van der Waals surface area contributed by atoms with Crippen LogP contribution in [0.15, 0.2) is 6.07 Å². The molecule has 0 radical (unpaired) electrons. The van der Waals surface area contributed by atoms with E-state index < -0.39 is 0 Å². The van der Waals surface area contributed by atoms with Crippen LogP contribution in [0.5, 0.6) is 0 Å². The number of carbonyl (C=O) groups is 1. The summed E-state index contributed by atoms with van der Waals surface area (Å²) in [6.45, 7) is 6.43. The summed E-state index contributed by atoms with van der Waals surface area (Å²) in [6.07, 6.45) is 0. The quantitative estimate of drug-likeness (QED) is 0.661. The summed E-state index contributed by atoms with van der Waals surface area (Å²) in [6, 6.07) is 1.92. The maximum Gasteiger partial charge on any atom is 0.303 e. The van der Waals surface area contributed by atoms with Crippen LogP contribution >= 0.6 is 0 Å². The van der Waals surface area contributed by atoms with Crippen molar-refractivity contribution in [2.24, 2.45) is 0 Å². The SMILES string of the molecule is CCn1nc(C)cc1COC(C)=O. The Labute approximate surface area is 77.5 Å². The van der Waals surface area contributed by atoms with Gasteiger partial charge in [0, 0.05) is 13.5 Å². The second-order valence-corrected chi connectivity index (χ2v) is 2.87. The van der Waals surface area contributed by atoms with Crippen molar-refractivity contribution in [3.05, 3.63) is 17.5 Å². The molecule has 0 spiro atoms. The number of ether oxygens (including phenoxy) is 1. The van der Waals surface area contributed by atoms with Crippen LogP contribution in [-0.4, -0.2) is 15.7 Å². The first kappa shape index (κ1) is 9.77. The molecule has 0 bridgehead atoms. The second-order valence-electron chi connectivity index (χ2n) is 2.87. The predicted octanol–water partition coefficient (Wildman–Crippen LogP) is 1.27. The molecule has 0 aliphatic carbocycles. The zero-order chi connectivity index (χ0) is 9.84. The smallest absolute Gasteiger partial charge is 0.303 e. The molecule has 4 nitrogen and oxygen atoms in total. The molecule has 0 aliphatic heterocycles. The van der Waals surface area contributed by atoms with Crippen molar-refractivity contribution in [2.75, 3.05) is 0 Å². The first-order valence-corrected chi connectivity index (χ1v) is 4.30. The minimum absolute atomic E-state index is 0.262. The number of esters is 1. The van der Waals surface area contributed by atoms with Crippen LogP contribution in [-0.2, 0) is 22.7 Å². The maximum atomic E-state index is 10.6. The number of nitrogens with zero attached hydrogens (tertiary/aromatic N) is 2. The third-order valence-corrected chi connectivity index (χ3v) is 1.71.